The van der Waals surface area contributed by atoms with Crippen LogP contribution in [-0.2, 0) is 4.79 Å². The van der Waals surface area contributed by atoms with Crippen molar-refractivity contribution in [3.8, 4) is 0 Å². The van der Waals surface area contributed by atoms with Crippen LogP contribution in [0.15, 0.2) is 34.8 Å². The van der Waals surface area contributed by atoms with Gasteiger partial charge >= 0.3 is 0 Å². The zero-order valence-electron chi connectivity index (χ0n) is 11.3. The van der Waals surface area contributed by atoms with E-state index in [0.29, 0.717) is 18.1 Å². The topological polar surface area (TPSA) is 66.9 Å². The molecular formula is C14H15BrN4O. The predicted octanol–water partition coefficient (Wildman–Crippen LogP) is 3.64. The maximum absolute atomic E-state index is 11.2. The van der Waals surface area contributed by atoms with E-state index >= 15 is 0 Å². The number of aromatic nitrogens is 2. The quantitative estimate of drug-likeness (QED) is 0.895. The van der Waals surface area contributed by atoms with Crippen LogP contribution in [-0.4, -0.2) is 16.1 Å². The first-order valence-corrected chi connectivity index (χ1v) is 7.04. The van der Waals surface area contributed by atoms with Crippen molar-refractivity contribution < 1.29 is 4.79 Å². The molecule has 104 valence electrons. The predicted molar refractivity (Wildman–Crippen MR) is 83.1 cm³/mol. The van der Waals surface area contributed by atoms with Gasteiger partial charge in [0.1, 0.15) is 0 Å². The summed E-state index contributed by atoms with van der Waals surface area (Å²) in [6.07, 6.45) is 0.416. The molecule has 0 radical (unpaired) electrons. The second kappa shape index (κ2) is 6.47. The summed E-state index contributed by atoms with van der Waals surface area (Å²) < 4.78 is 1.03. The minimum atomic E-state index is -0.0810. The SMILES string of the molecule is CCC(=O)Nc1ccc(Nc2ccc(C)c(Br)c2)nn1. The lowest BCUT2D eigenvalue weighted by Crippen LogP contribution is -2.11. The summed E-state index contributed by atoms with van der Waals surface area (Å²) in [4.78, 5) is 11.2. The highest BCUT2D eigenvalue weighted by Crippen LogP contribution is 2.22. The number of carbonyl (C=O) groups is 1. The molecular weight excluding hydrogens is 320 g/mol. The molecule has 1 aromatic carbocycles. The van der Waals surface area contributed by atoms with Gasteiger partial charge in [-0.1, -0.05) is 28.9 Å². The van der Waals surface area contributed by atoms with Crippen LogP contribution in [0.3, 0.4) is 0 Å². The van der Waals surface area contributed by atoms with Gasteiger partial charge in [-0.05, 0) is 36.8 Å². The van der Waals surface area contributed by atoms with Crippen molar-refractivity contribution in [3.63, 3.8) is 0 Å². The molecule has 1 aromatic heterocycles. The molecule has 0 unspecified atom stereocenters. The lowest BCUT2D eigenvalue weighted by atomic mass is 10.2. The Morgan fingerprint density at radius 2 is 1.90 bits per heavy atom. The minimum absolute atomic E-state index is 0.0810. The summed E-state index contributed by atoms with van der Waals surface area (Å²) in [6, 6.07) is 9.44. The molecule has 6 heteroatoms. The average Bonchev–Trinajstić information content (AvgIpc) is 2.45. The van der Waals surface area contributed by atoms with Crippen LogP contribution in [0.2, 0.25) is 0 Å². The second-order valence-corrected chi connectivity index (χ2v) is 5.15. The Bertz CT molecular complexity index is 613. The van der Waals surface area contributed by atoms with Gasteiger partial charge in [-0.3, -0.25) is 4.79 Å². The monoisotopic (exact) mass is 334 g/mol. The van der Waals surface area contributed by atoms with E-state index in [4.69, 9.17) is 0 Å². The molecule has 2 aromatic rings. The van der Waals surface area contributed by atoms with E-state index in [1.807, 2.05) is 25.1 Å². The summed E-state index contributed by atoms with van der Waals surface area (Å²) in [5.74, 6) is 0.991. The number of benzene rings is 1. The van der Waals surface area contributed by atoms with Gasteiger partial charge in [0, 0.05) is 16.6 Å². The number of halogens is 1. The van der Waals surface area contributed by atoms with Crippen molar-refractivity contribution in [1.82, 2.24) is 10.2 Å². The van der Waals surface area contributed by atoms with Crippen molar-refractivity contribution in [1.29, 1.82) is 0 Å². The summed E-state index contributed by atoms with van der Waals surface area (Å²) >= 11 is 3.48. The molecule has 5 nitrogen and oxygen atoms in total. The van der Waals surface area contributed by atoms with E-state index in [1.54, 1.807) is 19.1 Å². The molecule has 2 N–H and O–H groups in total. The van der Waals surface area contributed by atoms with E-state index in [0.717, 1.165) is 10.2 Å². The maximum atomic E-state index is 11.2. The maximum Gasteiger partial charge on any atom is 0.225 e. The Balaban J connectivity index is 2.06. The smallest absolute Gasteiger partial charge is 0.225 e. The van der Waals surface area contributed by atoms with Crippen LogP contribution in [0.25, 0.3) is 0 Å². The number of hydrogen-bond acceptors (Lipinski definition) is 4. The lowest BCUT2D eigenvalue weighted by Gasteiger charge is -2.07. The normalized spacial score (nSPS) is 10.2. The molecule has 2 rings (SSSR count). The third kappa shape index (κ3) is 3.77. The van der Waals surface area contributed by atoms with Crippen LogP contribution < -0.4 is 10.6 Å². The highest BCUT2D eigenvalue weighted by molar-refractivity contribution is 9.10. The van der Waals surface area contributed by atoms with Crippen LogP contribution in [0.1, 0.15) is 18.9 Å². The highest BCUT2D eigenvalue weighted by atomic mass is 79.9. The van der Waals surface area contributed by atoms with Crippen molar-refractivity contribution in [2.75, 3.05) is 10.6 Å². The zero-order valence-corrected chi connectivity index (χ0v) is 12.9. The largest absolute Gasteiger partial charge is 0.339 e. The number of hydrogen-bond donors (Lipinski definition) is 2. The van der Waals surface area contributed by atoms with E-state index < -0.39 is 0 Å². The molecule has 0 aliphatic carbocycles. The van der Waals surface area contributed by atoms with Crippen LogP contribution in [0, 0.1) is 6.92 Å². The van der Waals surface area contributed by atoms with Crippen LogP contribution in [0.4, 0.5) is 17.3 Å². The van der Waals surface area contributed by atoms with Gasteiger partial charge in [0.2, 0.25) is 5.91 Å². The summed E-state index contributed by atoms with van der Waals surface area (Å²) in [6.45, 7) is 3.81. The fourth-order valence-corrected chi connectivity index (χ4v) is 1.89. The van der Waals surface area contributed by atoms with Gasteiger partial charge in [-0.15, -0.1) is 10.2 Å². The van der Waals surface area contributed by atoms with Crippen LogP contribution in [0.5, 0.6) is 0 Å². The number of rotatable bonds is 4. The zero-order chi connectivity index (χ0) is 14.5. The average molecular weight is 335 g/mol. The number of carbonyl (C=O) groups excluding carboxylic acids is 1. The van der Waals surface area contributed by atoms with E-state index in [-0.39, 0.29) is 5.91 Å². The molecule has 0 atom stereocenters. The number of nitrogens with zero attached hydrogens (tertiary/aromatic N) is 2. The Morgan fingerprint density at radius 1 is 1.20 bits per heavy atom. The summed E-state index contributed by atoms with van der Waals surface area (Å²) in [5, 5.41) is 13.8. The first-order chi connectivity index (χ1) is 9.58. The van der Waals surface area contributed by atoms with Crippen molar-refractivity contribution in [2.24, 2.45) is 0 Å². The second-order valence-electron chi connectivity index (χ2n) is 4.29. The first-order valence-electron chi connectivity index (χ1n) is 6.25. The van der Waals surface area contributed by atoms with Gasteiger partial charge in [-0.2, -0.15) is 0 Å². The number of nitrogens with one attached hydrogen (secondary N) is 2. The molecule has 0 bridgehead atoms. The van der Waals surface area contributed by atoms with Crippen LogP contribution >= 0.6 is 15.9 Å². The van der Waals surface area contributed by atoms with Gasteiger partial charge in [0.25, 0.3) is 0 Å². The third-order valence-electron chi connectivity index (χ3n) is 2.70. The molecule has 1 heterocycles. The van der Waals surface area contributed by atoms with E-state index in [2.05, 4.69) is 36.8 Å². The Kier molecular flexibility index (Phi) is 4.68. The molecule has 0 fully saturated rings. The standard InChI is InChI=1S/C14H15BrN4O/c1-3-14(20)17-13-7-6-12(18-19-13)16-10-5-4-9(2)11(15)8-10/h4-8H,3H2,1-2H3,(H,16,18)(H,17,19,20). The summed E-state index contributed by atoms with van der Waals surface area (Å²) in [7, 11) is 0. The third-order valence-corrected chi connectivity index (χ3v) is 3.55. The molecule has 0 aliphatic heterocycles. The fraction of sp³-hybridized carbons (Fsp3) is 0.214. The first kappa shape index (κ1) is 14.5. The van der Waals surface area contributed by atoms with E-state index in [9.17, 15) is 4.79 Å². The fourth-order valence-electron chi connectivity index (χ4n) is 1.52. The Morgan fingerprint density at radius 3 is 2.50 bits per heavy atom. The summed E-state index contributed by atoms with van der Waals surface area (Å²) in [5.41, 5.74) is 2.08. The number of amides is 1. The van der Waals surface area contributed by atoms with Gasteiger partial charge in [0.05, 0.1) is 0 Å². The molecule has 0 spiro atoms. The van der Waals surface area contributed by atoms with Gasteiger partial charge in [0.15, 0.2) is 11.6 Å². The van der Waals surface area contributed by atoms with E-state index in [1.165, 1.54) is 5.56 Å². The Hall–Kier alpha value is -1.95. The van der Waals surface area contributed by atoms with Gasteiger partial charge in [-0.25, -0.2) is 0 Å². The molecule has 0 aliphatic rings. The molecule has 20 heavy (non-hydrogen) atoms. The number of aryl methyl sites for hydroxylation is 1. The van der Waals surface area contributed by atoms with Crippen molar-refractivity contribution >= 4 is 39.2 Å². The highest BCUT2D eigenvalue weighted by Gasteiger charge is 2.03. The van der Waals surface area contributed by atoms with Gasteiger partial charge < -0.3 is 10.6 Å². The lowest BCUT2D eigenvalue weighted by molar-refractivity contribution is -0.115. The van der Waals surface area contributed by atoms with Crippen molar-refractivity contribution in [2.45, 2.75) is 20.3 Å². The number of anilines is 3. The molecule has 1 amide bonds. The van der Waals surface area contributed by atoms with Crippen molar-refractivity contribution in [3.05, 3.63) is 40.4 Å². The molecule has 0 saturated heterocycles. The Labute approximate surface area is 125 Å². The minimum Gasteiger partial charge on any atom is -0.339 e. The molecule has 0 saturated carbocycles.